The van der Waals surface area contributed by atoms with Crippen LogP contribution in [-0.2, 0) is 6.54 Å². The number of aromatic nitrogens is 1. The molecule has 1 atom stereocenters. The highest BCUT2D eigenvalue weighted by atomic mass is 32.2. The SMILES string of the molecule is O=C1c2ccccc2C(=O)N1Cc1cc(NC2CCCC2)c2[nH]c(C3=N[C@H](CO)CS3)cc2c1. The van der Waals surface area contributed by atoms with Gasteiger partial charge in [-0.2, -0.15) is 0 Å². The van der Waals surface area contributed by atoms with Crippen LogP contribution < -0.4 is 5.32 Å². The maximum atomic E-state index is 12.9. The van der Waals surface area contributed by atoms with Gasteiger partial charge in [-0.25, -0.2) is 0 Å². The van der Waals surface area contributed by atoms with Crippen LogP contribution in [0, 0.1) is 0 Å². The van der Waals surface area contributed by atoms with Crippen molar-refractivity contribution >= 4 is 45.2 Å². The highest BCUT2D eigenvalue weighted by Gasteiger charge is 2.35. The molecule has 1 aliphatic carbocycles. The minimum Gasteiger partial charge on any atom is -0.394 e. The van der Waals surface area contributed by atoms with Crippen molar-refractivity contribution in [3.63, 3.8) is 0 Å². The number of aromatic amines is 1. The van der Waals surface area contributed by atoms with E-state index in [1.54, 1.807) is 36.0 Å². The van der Waals surface area contributed by atoms with Crippen LogP contribution in [0.1, 0.15) is 57.7 Å². The van der Waals surface area contributed by atoms with Crippen molar-refractivity contribution in [3.8, 4) is 0 Å². The lowest BCUT2D eigenvalue weighted by Crippen LogP contribution is -2.29. The van der Waals surface area contributed by atoms with Crippen molar-refractivity contribution in [2.24, 2.45) is 4.99 Å². The topological polar surface area (TPSA) is 97.8 Å². The summed E-state index contributed by atoms with van der Waals surface area (Å²) in [7, 11) is 0. The first-order valence-corrected chi connectivity index (χ1v) is 12.8. The summed E-state index contributed by atoms with van der Waals surface area (Å²) < 4.78 is 0. The number of amides is 2. The second-order valence-corrected chi connectivity index (χ2v) is 10.2. The Kier molecular flexibility index (Phi) is 5.42. The van der Waals surface area contributed by atoms with Crippen LogP contribution in [0.3, 0.4) is 0 Å². The monoisotopic (exact) mass is 474 g/mol. The summed E-state index contributed by atoms with van der Waals surface area (Å²) in [5, 5.41) is 15.1. The van der Waals surface area contributed by atoms with Crippen molar-refractivity contribution < 1.29 is 14.7 Å². The molecule has 2 amide bonds. The third-order valence-electron chi connectivity index (χ3n) is 6.88. The highest BCUT2D eigenvalue weighted by Crippen LogP contribution is 2.33. The van der Waals surface area contributed by atoms with Gasteiger partial charge in [-0.1, -0.05) is 25.0 Å². The Bertz CT molecular complexity index is 1290. The van der Waals surface area contributed by atoms with Gasteiger partial charge in [0.2, 0.25) is 0 Å². The molecule has 1 aromatic heterocycles. The zero-order valence-corrected chi connectivity index (χ0v) is 19.5. The van der Waals surface area contributed by atoms with Crippen molar-refractivity contribution in [2.45, 2.75) is 44.3 Å². The maximum absolute atomic E-state index is 12.9. The van der Waals surface area contributed by atoms with Gasteiger partial charge in [-0.05, 0) is 48.7 Å². The second-order valence-electron chi connectivity index (χ2n) is 9.24. The standard InChI is InChI=1S/C26H26N4O3S/c31-13-18-14-34-24(28-18)22-11-16-9-15(10-21(23(16)29-22)27-17-5-1-2-6-17)12-30-25(32)19-7-3-4-8-20(19)26(30)33/h3-4,7-11,17-18,27,29,31H,1-2,5-6,12-14H2/t18-/m1/s1. The van der Waals surface area contributed by atoms with Crippen LogP contribution >= 0.6 is 11.8 Å². The third kappa shape index (κ3) is 3.71. The fourth-order valence-corrected chi connectivity index (χ4v) is 6.16. The summed E-state index contributed by atoms with van der Waals surface area (Å²) in [5.41, 5.74) is 4.77. The lowest BCUT2D eigenvalue weighted by atomic mass is 10.1. The van der Waals surface area contributed by atoms with Gasteiger partial charge in [0.15, 0.2) is 0 Å². The minimum atomic E-state index is -0.243. The molecular weight excluding hydrogens is 448 g/mol. The molecule has 174 valence electrons. The average molecular weight is 475 g/mol. The van der Waals surface area contributed by atoms with Crippen molar-refractivity contribution in [3.05, 3.63) is 64.8 Å². The number of hydrogen-bond acceptors (Lipinski definition) is 6. The molecule has 2 aromatic carbocycles. The van der Waals surface area contributed by atoms with E-state index in [2.05, 4.69) is 27.4 Å². The molecule has 1 saturated carbocycles. The fourth-order valence-electron chi connectivity index (χ4n) is 5.14. The van der Waals surface area contributed by atoms with Gasteiger partial charge in [-0.3, -0.25) is 19.5 Å². The van der Waals surface area contributed by atoms with E-state index in [0.717, 1.165) is 51.5 Å². The average Bonchev–Trinajstić information content (AvgIpc) is 3.64. The van der Waals surface area contributed by atoms with Gasteiger partial charge in [0, 0.05) is 17.2 Å². The smallest absolute Gasteiger partial charge is 0.261 e. The van der Waals surface area contributed by atoms with Crippen LogP contribution in [-0.4, -0.2) is 56.3 Å². The van der Waals surface area contributed by atoms with Crippen LogP contribution in [0.2, 0.25) is 0 Å². The molecule has 6 rings (SSSR count). The number of aliphatic hydroxyl groups is 1. The van der Waals surface area contributed by atoms with Gasteiger partial charge in [0.25, 0.3) is 11.8 Å². The number of carbonyl (C=O) groups is 2. The number of hydrogen-bond donors (Lipinski definition) is 3. The number of nitrogens with one attached hydrogen (secondary N) is 2. The molecule has 0 radical (unpaired) electrons. The quantitative estimate of drug-likeness (QED) is 0.466. The molecule has 1 fully saturated rings. The van der Waals surface area contributed by atoms with Gasteiger partial charge >= 0.3 is 0 Å². The molecule has 2 aliphatic heterocycles. The summed E-state index contributed by atoms with van der Waals surface area (Å²) in [5.74, 6) is 0.291. The van der Waals surface area contributed by atoms with E-state index in [0.29, 0.717) is 17.2 Å². The molecule has 0 saturated heterocycles. The Balaban J connectivity index is 1.36. The molecule has 0 bridgehead atoms. The summed E-state index contributed by atoms with van der Waals surface area (Å²) in [6.07, 6.45) is 4.72. The summed E-state index contributed by atoms with van der Waals surface area (Å²) >= 11 is 1.65. The number of rotatable bonds is 6. The molecule has 3 heterocycles. The Labute approximate surface area is 201 Å². The molecule has 0 unspecified atom stereocenters. The normalized spacial score (nSPS) is 20.4. The van der Waals surface area contributed by atoms with Crippen LogP contribution in [0.4, 0.5) is 5.69 Å². The number of benzene rings is 2. The molecule has 3 aromatic rings. The van der Waals surface area contributed by atoms with E-state index in [9.17, 15) is 14.7 Å². The number of carbonyl (C=O) groups excluding carboxylic acids is 2. The predicted octanol–water partition coefficient (Wildman–Crippen LogP) is 4.17. The van der Waals surface area contributed by atoms with E-state index in [1.165, 1.54) is 17.7 Å². The molecular formula is C26H26N4O3S. The minimum absolute atomic E-state index is 0.0512. The van der Waals surface area contributed by atoms with E-state index in [1.807, 2.05) is 6.07 Å². The number of aliphatic imine (C=N–C) groups is 1. The second kappa shape index (κ2) is 8.60. The number of imide groups is 1. The van der Waals surface area contributed by atoms with Crippen LogP contribution in [0.15, 0.2) is 47.5 Å². The van der Waals surface area contributed by atoms with Crippen LogP contribution in [0.25, 0.3) is 10.9 Å². The fraction of sp³-hybridized carbons (Fsp3) is 0.346. The largest absolute Gasteiger partial charge is 0.394 e. The zero-order chi connectivity index (χ0) is 23.2. The maximum Gasteiger partial charge on any atom is 0.261 e. The van der Waals surface area contributed by atoms with Crippen molar-refractivity contribution in [2.75, 3.05) is 17.7 Å². The Morgan fingerprint density at radius 2 is 1.82 bits per heavy atom. The first-order chi connectivity index (χ1) is 16.6. The van der Waals surface area contributed by atoms with E-state index in [-0.39, 0.29) is 31.0 Å². The summed E-state index contributed by atoms with van der Waals surface area (Å²) in [6.45, 7) is 0.278. The first kappa shape index (κ1) is 21.4. The van der Waals surface area contributed by atoms with Crippen LogP contribution in [0.5, 0.6) is 0 Å². The van der Waals surface area contributed by atoms with Gasteiger partial charge < -0.3 is 15.4 Å². The Morgan fingerprint density at radius 1 is 1.09 bits per heavy atom. The summed E-state index contributed by atoms with van der Waals surface area (Å²) in [6, 6.07) is 13.5. The molecule has 0 spiro atoms. The number of nitrogens with zero attached hydrogens (tertiary/aromatic N) is 2. The number of thioether (sulfide) groups is 1. The molecule has 34 heavy (non-hydrogen) atoms. The molecule has 3 N–H and O–H groups in total. The number of H-pyrrole nitrogens is 1. The lowest BCUT2D eigenvalue weighted by molar-refractivity contribution is 0.0642. The van der Waals surface area contributed by atoms with Crippen molar-refractivity contribution in [1.82, 2.24) is 9.88 Å². The van der Waals surface area contributed by atoms with E-state index >= 15 is 0 Å². The van der Waals surface area contributed by atoms with Gasteiger partial charge in [-0.15, -0.1) is 11.8 Å². The molecule has 7 nitrogen and oxygen atoms in total. The Hall–Kier alpha value is -3.10. The summed E-state index contributed by atoms with van der Waals surface area (Å²) in [4.78, 5) is 35.3. The van der Waals surface area contributed by atoms with Crippen molar-refractivity contribution in [1.29, 1.82) is 0 Å². The van der Waals surface area contributed by atoms with Gasteiger partial charge in [0.05, 0.1) is 47.2 Å². The third-order valence-corrected chi connectivity index (χ3v) is 8.03. The molecule has 3 aliphatic rings. The number of anilines is 1. The highest BCUT2D eigenvalue weighted by molar-refractivity contribution is 8.14. The molecule has 8 heteroatoms. The Morgan fingerprint density at radius 3 is 2.50 bits per heavy atom. The zero-order valence-electron chi connectivity index (χ0n) is 18.7. The van der Waals surface area contributed by atoms with E-state index < -0.39 is 0 Å². The van der Waals surface area contributed by atoms with E-state index in [4.69, 9.17) is 0 Å². The first-order valence-electron chi connectivity index (χ1n) is 11.8. The number of aliphatic hydroxyl groups excluding tert-OH is 1. The predicted molar refractivity (Wildman–Crippen MR) is 135 cm³/mol. The lowest BCUT2D eigenvalue weighted by Gasteiger charge is -2.18. The number of fused-ring (bicyclic) bond motifs is 2. The van der Waals surface area contributed by atoms with Gasteiger partial charge in [0.1, 0.15) is 5.04 Å².